The van der Waals surface area contributed by atoms with Crippen molar-refractivity contribution >= 4 is 70.7 Å². The fraction of sp³-hybridized carbons (Fsp3) is 0.537. The minimum atomic E-state index is -1.22. The van der Waals surface area contributed by atoms with E-state index in [1.54, 1.807) is 0 Å². The van der Waals surface area contributed by atoms with Gasteiger partial charge in [-0.25, -0.2) is 0 Å². The fourth-order valence-electron chi connectivity index (χ4n) is 9.32. The van der Waals surface area contributed by atoms with Gasteiger partial charge in [-0.2, -0.15) is 11.4 Å². The average Bonchev–Trinajstić information content (AvgIpc) is 3.97. The van der Waals surface area contributed by atoms with Crippen LogP contribution in [0.25, 0.3) is 35.2 Å². The van der Waals surface area contributed by atoms with Crippen LogP contribution in [0, 0.1) is 50.4 Å². The Balaban J connectivity index is 0.00000127. The number of Topliss-reactive ketones (excluding diaryl/α,β-unsaturated/α-hetero) is 1. The van der Waals surface area contributed by atoms with E-state index in [1.165, 1.54) is 44.8 Å². The predicted molar refractivity (Wildman–Crippen MR) is 264 cm³/mol. The van der Waals surface area contributed by atoms with Crippen LogP contribution in [0.4, 0.5) is 0 Å². The molecule has 2 aliphatic heterocycles. The van der Waals surface area contributed by atoms with Gasteiger partial charge in [0.25, 0.3) is 0 Å². The maximum absolute atomic E-state index is 14.3. The first-order chi connectivity index (χ1) is 29.6. The summed E-state index contributed by atoms with van der Waals surface area (Å²) in [5.74, 6) is -1.41. The first-order valence-corrected chi connectivity index (χ1v) is 23.0. The van der Waals surface area contributed by atoms with Gasteiger partial charge in [0.2, 0.25) is 0 Å². The number of esters is 2. The molecule has 0 saturated carbocycles. The van der Waals surface area contributed by atoms with Gasteiger partial charge in [-0.15, -0.1) is 33.5 Å². The van der Waals surface area contributed by atoms with Gasteiger partial charge in [-0.1, -0.05) is 152 Å². The van der Waals surface area contributed by atoms with Gasteiger partial charge in [0.15, 0.2) is 5.78 Å². The Morgan fingerprint density at radius 1 is 0.875 bits per heavy atom. The van der Waals surface area contributed by atoms with Crippen molar-refractivity contribution in [1.82, 2.24) is 15.0 Å². The summed E-state index contributed by atoms with van der Waals surface area (Å²) in [5.41, 5.74) is 10.7. The Morgan fingerprint density at radius 3 is 2.16 bits per heavy atom. The van der Waals surface area contributed by atoms with Gasteiger partial charge in [0.1, 0.15) is 12.5 Å². The number of methoxy groups -OCH3 is 1. The molecule has 64 heavy (non-hydrogen) atoms. The molecule has 1 fully saturated rings. The van der Waals surface area contributed by atoms with E-state index in [2.05, 4.69) is 68.9 Å². The molecule has 1 saturated heterocycles. The summed E-state index contributed by atoms with van der Waals surface area (Å²) >= 11 is 0. The quantitative estimate of drug-likeness (QED) is 0.0602. The molecule has 4 atom stereocenters. The maximum Gasteiger partial charge on any atom is 2.00 e. The number of hydrogen-bond acceptors (Lipinski definition) is 5. The number of hydrogen-bond donors (Lipinski definition) is 0. The van der Waals surface area contributed by atoms with E-state index in [0.717, 1.165) is 81.1 Å². The van der Waals surface area contributed by atoms with Crippen molar-refractivity contribution in [3.05, 3.63) is 102 Å². The molecular formula is C54H74MgN4O5-2. The Kier molecular flexibility index (Phi) is 20.5. The fourth-order valence-corrected chi connectivity index (χ4v) is 9.32. The van der Waals surface area contributed by atoms with Gasteiger partial charge in [-0.05, 0) is 88.7 Å². The zero-order valence-corrected chi connectivity index (χ0v) is 41.7. The van der Waals surface area contributed by atoms with Crippen molar-refractivity contribution < 1.29 is 23.9 Å². The van der Waals surface area contributed by atoms with E-state index in [-0.39, 0.29) is 67.1 Å². The van der Waals surface area contributed by atoms with Crippen LogP contribution < -0.4 is 25.7 Å². The first kappa shape index (κ1) is 54.1. The largest absolute Gasteiger partial charge is 2.00 e. The molecule has 9 nitrogen and oxygen atoms in total. The Hall–Kier alpha value is -4.28. The number of ketones is 1. The first-order valence-electron chi connectivity index (χ1n) is 23.0. The van der Waals surface area contributed by atoms with E-state index >= 15 is 0 Å². The molecule has 3 aliphatic rings. The van der Waals surface area contributed by atoms with Crippen LogP contribution in [0.3, 0.4) is 0 Å². The van der Waals surface area contributed by atoms with Crippen LogP contribution in [0.2, 0.25) is 0 Å². The number of allylic oxidation sites excluding steroid dienone is 3. The molecular weight excluding hydrogens is 809 g/mol. The van der Waals surface area contributed by atoms with Crippen LogP contribution in [0.5, 0.6) is 0 Å². The van der Waals surface area contributed by atoms with Gasteiger partial charge >= 0.3 is 35.0 Å². The second-order valence-electron chi connectivity index (χ2n) is 18.0. The summed E-state index contributed by atoms with van der Waals surface area (Å²) in [5, 5.41) is 6.80. The monoisotopic (exact) mass is 883 g/mol. The minimum Gasteiger partial charge on any atom is -0.664 e. The van der Waals surface area contributed by atoms with Gasteiger partial charge in [0, 0.05) is 12.0 Å². The molecule has 0 unspecified atom stereocenters. The number of ether oxygens (including phenoxy) is 2. The molecule has 6 rings (SSSR count). The smallest absolute Gasteiger partial charge is 0.664 e. The zero-order chi connectivity index (χ0) is 45.4. The van der Waals surface area contributed by atoms with Crippen LogP contribution in [-0.2, 0) is 25.5 Å². The Labute approximate surface area is 400 Å². The topological polar surface area (TPSA) is 126 Å². The molecule has 0 spiro atoms. The van der Waals surface area contributed by atoms with Crippen LogP contribution in [-0.4, -0.2) is 54.5 Å². The molecule has 1 aliphatic carbocycles. The van der Waals surface area contributed by atoms with E-state index in [9.17, 15) is 14.4 Å². The molecule has 10 heteroatoms. The summed E-state index contributed by atoms with van der Waals surface area (Å²) in [7, 11) is 1.29. The number of nitrogens with zero attached hydrogens (tertiary/aromatic N) is 4. The molecule has 0 N–H and O–H groups in total. The third-order valence-corrected chi connectivity index (χ3v) is 13.0. The van der Waals surface area contributed by atoms with Crippen molar-refractivity contribution in [1.29, 1.82) is 0 Å². The number of aromatic nitrogens is 3. The number of carbonyl (C=O) groups excluding carboxylic acids is 3. The normalized spacial score (nSPS) is 20.8. The Bertz CT molecular complexity index is 2370. The summed E-state index contributed by atoms with van der Waals surface area (Å²) in [6, 6.07) is 0. The molecule has 3 aromatic heterocycles. The Morgan fingerprint density at radius 2 is 1.55 bits per heavy atom. The van der Waals surface area contributed by atoms with Gasteiger partial charge in [0.05, 0.1) is 7.11 Å². The van der Waals surface area contributed by atoms with Crippen molar-refractivity contribution in [2.45, 2.75) is 148 Å². The summed E-state index contributed by atoms with van der Waals surface area (Å²) in [6.07, 6.45) is 19.5. The summed E-state index contributed by atoms with van der Waals surface area (Å²) in [6.45, 7) is 27.8. The molecule has 3 aromatic rings. The molecule has 0 radical (unpaired) electrons. The number of fused-ring (bicyclic) bond motifs is 7. The summed E-state index contributed by atoms with van der Waals surface area (Å²) < 4.78 is 10.9. The summed E-state index contributed by atoms with van der Waals surface area (Å²) in [4.78, 5) is 56.2. The minimum absolute atomic E-state index is 0. The van der Waals surface area contributed by atoms with Gasteiger partial charge < -0.3 is 29.7 Å². The molecule has 0 amide bonds. The predicted octanol–water partition coefficient (Wildman–Crippen LogP) is 10.6. The second kappa shape index (κ2) is 24.3. The molecule has 0 aromatic carbocycles. The van der Waals surface area contributed by atoms with Gasteiger partial charge in [-0.3, -0.25) is 14.4 Å². The second-order valence-corrected chi connectivity index (χ2v) is 18.0. The zero-order valence-electron chi connectivity index (χ0n) is 40.3. The van der Waals surface area contributed by atoms with Crippen molar-refractivity contribution in [2.24, 2.45) is 29.6 Å². The average molecular weight is 884 g/mol. The molecule has 8 bridgehead atoms. The molecule has 5 heterocycles. The van der Waals surface area contributed by atoms with Crippen molar-refractivity contribution in [3.63, 3.8) is 0 Å². The maximum atomic E-state index is 14.3. The van der Waals surface area contributed by atoms with Crippen LogP contribution >= 0.6 is 0 Å². The number of carbonyl (C=O) groups is 3. The van der Waals surface area contributed by atoms with Crippen molar-refractivity contribution in [3.8, 4) is 0 Å². The van der Waals surface area contributed by atoms with E-state index in [4.69, 9.17) is 29.7 Å². The number of rotatable bonds is 16. The molecule has 344 valence electrons. The van der Waals surface area contributed by atoms with Crippen molar-refractivity contribution in [2.75, 3.05) is 13.7 Å². The third-order valence-electron chi connectivity index (χ3n) is 13.0. The standard InChI is InChI=1S/C47H57N4O5.C6H14.CH4.Mg/c1-11-15-25(4)16-14-17-26(5)20-21-56-40(52)19-18-33-29(8)36-22-34-27(6)31(12-2)38(48-34)23-35-28(7)32(13-3)39(49-35)24-37-30(9)41-45(51-37)42(44(33)50-36)43(46(41)53)47(54)55-10;1-4-5-6(2)3;;/h12,20,22-25,29,33,43H,2,11,13-19,21H2,1,3-10H3,(H-,50,51,53);6H,4-5H2,1-3H3;1H4;/q-3;;;+2/p-1/b26-20+,35-23-,36-22-,39-24-;;;/t25-,29+,33+,43-;;;/m1.../s1. The third kappa shape index (κ3) is 11.9. The SMILES string of the molecule is C.C=Cc1c2[n-]c(c1C)/C=C1\[N-]/C(=C3\c4[n-]c(c(C)c4C(=O)[C@@H]3C(=O)OC)/C=c3\[n-]/c(c(C)c3CC)=C\2)[C@@H](CCC(=O)OC/C=C(\C)CCC[C@H](C)CCC)[C@@H]1C.CCCC(C)C.[Mg+2]. The van der Waals surface area contributed by atoms with E-state index in [1.807, 2.05) is 44.2 Å². The van der Waals surface area contributed by atoms with Crippen LogP contribution in [0.1, 0.15) is 182 Å². The van der Waals surface area contributed by atoms with E-state index in [0.29, 0.717) is 40.2 Å². The van der Waals surface area contributed by atoms with Crippen LogP contribution in [0.15, 0.2) is 29.6 Å². The van der Waals surface area contributed by atoms with E-state index < -0.39 is 11.9 Å².